The van der Waals surface area contributed by atoms with Crippen LogP contribution in [0, 0.1) is 13.8 Å². The van der Waals surface area contributed by atoms with E-state index < -0.39 is 0 Å². The smallest absolute Gasteiger partial charge is 0.293 e. The fourth-order valence-electron chi connectivity index (χ4n) is 3.44. The second-order valence-corrected chi connectivity index (χ2v) is 9.96. The summed E-state index contributed by atoms with van der Waals surface area (Å²) in [7, 11) is 0. The number of carbonyl (C=O) groups is 3. The van der Waals surface area contributed by atoms with Crippen LogP contribution < -0.4 is 10.1 Å². The fourth-order valence-corrected chi connectivity index (χ4v) is 4.54. The molecular weight excluding hydrogens is 528 g/mol. The highest BCUT2D eigenvalue weighted by Gasteiger charge is 2.34. The molecule has 0 spiro atoms. The molecule has 0 atom stereocenters. The van der Waals surface area contributed by atoms with Gasteiger partial charge in [0.2, 0.25) is 0 Å². The quantitative estimate of drug-likeness (QED) is 0.348. The Hall–Kier alpha value is -3.36. The van der Waals surface area contributed by atoms with Crippen LogP contribution in [-0.2, 0) is 16.1 Å². The molecule has 3 aromatic rings. The Morgan fingerprint density at radius 3 is 2.46 bits per heavy atom. The monoisotopic (exact) mass is 550 g/mol. The summed E-state index contributed by atoms with van der Waals surface area (Å²) in [4.78, 5) is 39.0. The number of nitrogens with zero attached hydrogens (tertiary/aromatic N) is 1. The number of halogens is 1. The number of imide groups is 1. The van der Waals surface area contributed by atoms with Crippen molar-refractivity contribution in [1.29, 1.82) is 0 Å². The largest absolute Gasteiger partial charge is 0.484 e. The average molecular weight is 551 g/mol. The van der Waals surface area contributed by atoms with Crippen LogP contribution in [-0.4, -0.2) is 28.6 Å². The molecule has 0 aromatic heterocycles. The van der Waals surface area contributed by atoms with E-state index in [1.165, 1.54) is 4.90 Å². The van der Waals surface area contributed by atoms with Crippen LogP contribution in [0.4, 0.5) is 10.5 Å². The van der Waals surface area contributed by atoms with Crippen molar-refractivity contribution in [3.63, 3.8) is 0 Å². The molecule has 178 valence electrons. The van der Waals surface area contributed by atoms with Crippen molar-refractivity contribution in [2.45, 2.75) is 20.4 Å². The number of rotatable bonds is 7. The number of amides is 3. The van der Waals surface area contributed by atoms with E-state index in [4.69, 9.17) is 4.74 Å². The first kappa shape index (κ1) is 24.8. The lowest BCUT2D eigenvalue weighted by Gasteiger charge is -2.12. The lowest BCUT2D eigenvalue weighted by Crippen LogP contribution is -2.27. The van der Waals surface area contributed by atoms with Crippen molar-refractivity contribution >= 4 is 56.5 Å². The molecule has 1 N–H and O–H groups in total. The summed E-state index contributed by atoms with van der Waals surface area (Å²) >= 11 is 4.30. The molecule has 3 aromatic carbocycles. The first-order valence-corrected chi connectivity index (χ1v) is 12.5. The highest BCUT2D eigenvalue weighted by atomic mass is 79.9. The molecule has 1 fully saturated rings. The third-order valence-electron chi connectivity index (χ3n) is 5.55. The van der Waals surface area contributed by atoms with E-state index in [0.717, 1.165) is 44.2 Å². The molecule has 8 heteroatoms. The zero-order valence-corrected chi connectivity index (χ0v) is 21.6. The van der Waals surface area contributed by atoms with Crippen molar-refractivity contribution in [3.05, 3.63) is 98.4 Å². The molecule has 0 aliphatic carbocycles. The van der Waals surface area contributed by atoms with Gasteiger partial charge in [0, 0.05) is 10.2 Å². The predicted molar refractivity (Wildman–Crippen MR) is 142 cm³/mol. The maximum absolute atomic E-state index is 12.8. The first-order chi connectivity index (χ1) is 16.8. The minimum Gasteiger partial charge on any atom is -0.484 e. The van der Waals surface area contributed by atoms with Gasteiger partial charge < -0.3 is 10.1 Å². The Labute approximate surface area is 216 Å². The minimum atomic E-state index is -0.314. The van der Waals surface area contributed by atoms with E-state index in [0.29, 0.717) is 10.7 Å². The zero-order valence-electron chi connectivity index (χ0n) is 19.2. The number of benzene rings is 3. The van der Waals surface area contributed by atoms with Gasteiger partial charge in [-0.15, -0.1) is 0 Å². The van der Waals surface area contributed by atoms with Gasteiger partial charge in [0.25, 0.3) is 17.1 Å². The molecule has 0 unspecified atom stereocenters. The molecule has 35 heavy (non-hydrogen) atoms. The summed E-state index contributed by atoms with van der Waals surface area (Å²) in [6.45, 7) is 4.06. The van der Waals surface area contributed by atoms with E-state index >= 15 is 0 Å². The highest BCUT2D eigenvalue weighted by Crippen LogP contribution is 2.33. The Balaban J connectivity index is 1.34. The molecule has 1 aliphatic heterocycles. The van der Waals surface area contributed by atoms with Gasteiger partial charge in [-0.1, -0.05) is 52.3 Å². The standard InChI is InChI=1S/C27H23BrN2O4S/c1-17-4-3-5-23(18(17)2)29-25(31)16-34-22-12-8-19(9-13-22)14-24-26(32)30(27(33)35-24)15-20-6-10-21(28)11-7-20/h3-14H,15-16H2,1-2H3,(H,29,31)/b24-14-. The van der Waals surface area contributed by atoms with Crippen LogP contribution in [0.15, 0.2) is 76.1 Å². The van der Waals surface area contributed by atoms with Crippen LogP contribution in [0.25, 0.3) is 6.08 Å². The molecule has 3 amide bonds. The van der Waals surface area contributed by atoms with Crippen LogP contribution in [0.1, 0.15) is 22.3 Å². The van der Waals surface area contributed by atoms with Crippen molar-refractivity contribution in [3.8, 4) is 5.75 Å². The van der Waals surface area contributed by atoms with Gasteiger partial charge in [0.05, 0.1) is 11.4 Å². The van der Waals surface area contributed by atoms with Gasteiger partial charge in [0.1, 0.15) is 5.75 Å². The molecule has 0 bridgehead atoms. The number of hydrogen-bond acceptors (Lipinski definition) is 5. The van der Waals surface area contributed by atoms with Gasteiger partial charge in [-0.3, -0.25) is 19.3 Å². The summed E-state index contributed by atoms with van der Waals surface area (Å²) in [5, 5.41) is 2.57. The molecule has 0 radical (unpaired) electrons. The second kappa shape index (κ2) is 10.9. The van der Waals surface area contributed by atoms with Gasteiger partial charge >= 0.3 is 0 Å². The Bertz CT molecular complexity index is 1300. The predicted octanol–water partition coefficient (Wildman–Crippen LogP) is 6.32. The van der Waals surface area contributed by atoms with Crippen LogP contribution >= 0.6 is 27.7 Å². The lowest BCUT2D eigenvalue weighted by atomic mass is 10.1. The third-order valence-corrected chi connectivity index (χ3v) is 6.99. The first-order valence-electron chi connectivity index (χ1n) is 10.9. The number of ether oxygens (including phenoxy) is 1. The maximum Gasteiger partial charge on any atom is 0.293 e. The summed E-state index contributed by atoms with van der Waals surface area (Å²) in [6.07, 6.45) is 1.68. The Morgan fingerprint density at radius 2 is 1.74 bits per heavy atom. The fraction of sp³-hybridized carbons (Fsp3) is 0.148. The third kappa shape index (κ3) is 6.21. The second-order valence-electron chi connectivity index (χ2n) is 8.05. The van der Waals surface area contributed by atoms with Gasteiger partial charge in [-0.2, -0.15) is 0 Å². The molecule has 1 saturated heterocycles. The van der Waals surface area contributed by atoms with E-state index in [9.17, 15) is 14.4 Å². The zero-order chi connectivity index (χ0) is 24.9. The average Bonchev–Trinajstić information content (AvgIpc) is 3.10. The maximum atomic E-state index is 12.8. The minimum absolute atomic E-state index is 0.123. The Morgan fingerprint density at radius 1 is 1.03 bits per heavy atom. The van der Waals surface area contributed by atoms with Crippen LogP contribution in [0.3, 0.4) is 0 Å². The van der Waals surface area contributed by atoms with Gasteiger partial charge in [0.15, 0.2) is 6.61 Å². The molecule has 6 nitrogen and oxygen atoms in total. The van der Waals surface area contributed by atoms with Crippen LogP contribution in [0.2, 0.25) is 0 Å². The molecule has 0 saturated carbocycles. The number of carbonyl (C=O) groups excluding carboxylic acids is 3. The Kier molecular flexibility index (Phi) is 7.73. The van der Waals surface area contributed by atoms with Crippen molar-refractivity contribution in [2.75, 3.05) is 11.9 Å². The summed E-state index contributed by atoms with van der Waals surface area (Å²) in [5.41, 5.74) is 4.52. The summed E-state index contributed by atoms with van der Waals surface area (Å²) in [5.74, 6) is -0.0322. The molecule has 4 rings (SSSR count). The van der Waals surface area contributed by atoms with E-state index in [2.05, 4.69) is 21.2 Å². The van der Waals surface area contributed by atoms with Crippen LogP contribution in [0.5, 0.6) is 5.75 Å². The summed E-state index contributed by atoms with van der Waals surface area (Å²) in [6, 6.07) is 20.3. The SMILES string of the molecule is Cc1cccc(NC(=O)COc2ccc(/C=C3\SC(=O)N(Cc4ccc(Br)cc4)C3=O)cc2)c1C. The van der Waals surface area contributed by atoms with E-state index in [1.54, 1.807) is 30.3 Å². The number of thioether (sulfide) groups is 1. The van der Waals surface area contributed by atoms with Gasteiger partial charge in [-0.05, 0) is 84.3 Å². The number of hydrogen-bond donors (Lipinski definition) is 1. The number of anilines is 1. The van der Waals surface area contributed by atoms with Crippen molar-refractivity contribution < 1.29 is 19.1 Å². The van der Waals surface area contributed by atoms with E-state index in [1.807, 2.05) is 56.3 Å². The normalized spacial score (nSPS) is 14.5. The van der Waals surface area contributed by atoms with Crippen molar-refractivity contribution in [2.24, 2.45) is 0 Å². The number of aryl methyl sites for hydroxylation is 1. The van der Waals surface area contributed by atoms with E-state index in [-0.39, 0.29) is 30.2 Å². The molecule has 1 heterocycles. The summed E-state index contributed by atoms with van der Waals surface area (Å²) < 4.78 is 6.53. The molecular formula is C27H23BrN2O4S. The number of nitrogens with one attached hydrogen (secondary N) is 1. The van der Waals surface area contributed by atoms with Crippen molar-refractivity contribution in [1.82, 2.24) is 4.90 Å². The lowest BCUT2D eigenvalue weighted by molar-refractivity contribution is -0.123. The molecule has 1 aliphatic rings. The topological polar surface area (TPSA) is 75.7 Å². The van der Waals surface area contributed by atoms with Gasteiger partial charge in [-0.25, -0.2) is 0 Å². The highest BCUT2D eigenvalue weighted by molar-refractivity contribution is 9.10.